The Morgan fingerprint density at radius 1 is 0.511 bits per heavy atom. The monoisotopic (exact) mass is 632 g/mol. The summed E-state index contributed by atoms with van der Waals surface area (Å²) in [5.41, 5.74) is 0. The summed E-state index contributed by atoms with van der Waals surface area (Å²) >= 11 is 0. The number of aliphatic hydroxyl groups excluding tert-OH is 2. The summed E-state index contributed by atoms with van der Waals surface area (Å²) in [6, 6.07) is -0.637. The lowest BCUT2D eigenvalue weighted by atomic mass is 10.0. The maximum Gasteiger partial charge on any atom is 0.220 e. The first-order valence-corrected chi connectivity index (χ1v) is 19.7. The van der Waals surface area contributed by atoms with Crippen LogP contribution in [0.1, 0.15) is 200 Å². The maximum atomic E-state index is 12.3. The third kappa shape index (κ3) is 33.8. The van der Waals surface area contributed by atoms with Crippen molar-refractivity contribution < 1.29 is 15.0 Å². The average Bonchev–Trinajstić information content (AvgIpc) is 3.04. The van der Waals surface area contributed by atoms with E-state index in [1.165, 1.54) is 148 Å². The molecular formula is C41H77NO3. The highest BCUT2D eigenvalue weighted by atomic mass is 16.3. The molecule has 0 aromatic heterocycles. The zero-order valence-electron chi connectivity index (χ0n) is 30.1. The Morgan fingerprint density at radius 3 is 1.29 bits per heavy atom. The minimum atomic E-state index is -0.859. The Balaban J connectivity index is 3.60. The molecule has 4 nitrogen and oxygen atoms in total. The summed E-state index contributed by atoms with van der Waals surface area (Å²) in [6.07, 6.45) is 48.1. The molecule has 0 heterocycles. The topological polar surface area (TPSA) is 69.6 Å². The number of rotatable bonds is 35. The van der Waals surface area contributed by atoms with Crippen molar-refractivity contribution in [3.63, 3.8) is 0 Å². The number of carbonyl (C=O) groups is 1. The van der Waals surface area contributed by atoms with E-state index >= 15 is 0 Å². The molecule has 2 atom stereocenters. The Bertz CT molecular complexity index is 686. The molecule has 0 aliphatic carbocycles. The normalized spacial score (nSPS) is 13.4. The molecule has 0 aromatic carbocycles. The molecule has 0 bridgehead atoms. The van der Waals surface area contributed by atoms with E-state index in [9.17, 15) is 15.0 Å². The van der Waals surface area contributed by atoms with E-state index in [-0.39, 0.29) is 12.5 Å². The van der Waals surface area contributed by atoms with Gasteiger partial charge in [-0.05, 0) is 57.8 Å². The number of amides is 1. The molecule has 0 rings (SSSR count). The molecule has 0 aliphatic rings. The molecule has 0 aromatic rings. The van der Waals surface area contributed by atoms with Crippen LogP contribution in [0.15, 0.2) is 36.5 Å². The third-order valence-electron chi connectivity index (χ3n) is 8.85. The Hall–Kier alpha value is -1.39. The Kier molecular flexibility index (Phi) is 35.9. The van der Waals surface area contributed by atoms with Gasteiger partial charge in [0.15, 0.2) is 0 Å². The first-order valence-electron chi connectivity index (χ1n) is 19.7. The number of aliphatic hydroxyl groups is 2. The number of hydrogen-bond acceptors (Lipinski definition) is 3. The summed E-state index contributed by atoms with van der Waals surface area (Å²) in [5.74, 6) is -0.0778. The van der Waals surface area contributed by atoms with E-state index < -0.39 is 12.1 Å². The fraction of sp³-hybridized carbons (Fsp3) is 0.829. The third-order valence-corrected chi connectivity index (χ3v) is 8.85. The van der Waals surface area contributed by atoms with Crippen LogP contribution in [0.5, 0.6) is 0 Å². The van der Waals surface area contributed by atoms with Gasteiger partial charge in [0.1, 0.15) is 0 Å². The standard InChI is InChI=1S/C41H77NO3/c1-3-5-7-9-11-13-15-17-18-19-20-21-22-23-24-25-27-29-31-33-35-37-41(45)42-39(38-43)40(44)36-34-32-30-28-26-16-14-12-10-8-6-4-2/h19-20,26,28,34,36,39-40,43-44H,3-18,21-25,27,29-33,35,37-38H2,1-2H3,(H,42,45)/b20-19-,28-26+,36-34+. The molecule has 0 saturated heterocycles. The van der Waals surface area contributed by atoms with Gasteiger partial charge in [-0.2, -0.15) is 0 Å². The molecule has 0 aliphatic heterocycles. The van der Waals surface area contributed by atoms with E-state index in [0.29, 0.717) is 6.42 Å². The van der Waals surface area contributed by atoms with Crippen LogP contribution in [-0.4, -0.2) is 34.9 Å². The van der Waals surface area contributed by atoms with E-state index in [1.54, 1.807) is 6.08 Å². The van der Waals surface area contributed by atoms with Crippen molar-refractivity contribution in [3.05, 3.63) is 36.5 Å². The van der Waals surface area contributed by atoms with Gasteiger partial charge in [0.05, 0.1) is 18.8 Å². The van der Waals surface area contributed by atoms with Crippen molar-refractivity contribution in [2.24, 2.45) is 0 Å². The molecule has 0 radical (unpaired) electrons. The first kappa shape index (κ1) is 43.6. The molecule has 0 spiro atoms. The quantitative estimate of drug-likeness (QED) is 0.0481. The Morgan fingerprint density at radius 2 is 0.867 bits per heavy atom. The molecule has 45 heavy (non-hydrogen) atoms. The van der Waals surface area contributed by atoms with Crippen LogP contribution in [-0.2, 0) is 4.79 Å². The maximum absolute atomic E-state index is 12.3. The van der Waals surface area contributed by atoms with Gasteiger partial charge in [0, 0.05) is 6.42 Å². The number of carbonyl (C=O) groups excluding carboxylic acids is 1. The highest BCUT2D eigenvalue weighted by Gasteiger charge is 2.17. The number of nitrogens with one attached hydrogen (secondary N) is 1. The van der Waals surface area contributed by atoms with Crippen molar-refractivity contribution >= 4 is 5.91 Å². The van der Waals surface area contributed by atoms with E-state index in [4.69, 9.17) is 0 Å². The second-order valence-corrected chi connectivity index (χ2v) is 13.3. The van der Waals surface area contributed by atoms with Crippen molar-refractivity contribution in [3.8, 4) is 0 Å². The average molecular weight is 632 g/mol. The van der Waals surface area contributed by atoms with E-state index in [2.05, 4.69) is 43.5 Å². The van der Waals surface area contributed by atoms with Crippen molar-refractivity contribution in [1.29, 1.82) is 0 Å². The van der Waals surface area contributed by atoms with Crippen LogP contribution < -0.4 is 5.32 Å². The second-order valence-electron chi connectivity index (χ2n) is 13.3. The summed E-state index contributed by atoms with van der Waals surface area (Å²) in [6.45, 7) is 4.27. The fourth-order valence-electron chi connectivity index (χ4n) is 5.78. The molecule has 0 saturated carbocycles. The van der Waals surface area contributed by atoms with Gasteiger partial charge in [-0.15, -0.1) is 0 Å². The predicted molar refractivity (Wildman–Crippen MR) is 198 cm³/mol. The summed E-state index contributed by atoms with van der Waals surface area (Å²) in [5, 5.41) is 22.9. The number of hydrogen-bond donors (Lipinski definition) is 3. The van der Waals surface area contributed by atoms with Crippen molar-refractivity contribution in [2.75, 3.05) is 6.61 Å². The number of unbranched alkanes of at least 4 members (excludes halogenated alkanes) is 24. The summed E-state index contributed by atoms with van der Waals surface area (Å²) < 4.78 is 0. The summed E-state index contributed by atoms with van der Waals surface area (Å²) in [7, 11) is 0. The highest BCUT2D eigenvalue weighted by Crippen LogP contribution is 2.13. The van der Waals surface area contributed by atoms with Crippen molar-refractivity contribution in [1.82, 2.24) is 5.32 Å². The van der Waals surface area contributed by atoms with Gasteiger partial charge in [-0.1, -0.05) is 172 Å². The fourth-order valence-corrected chi connectivity index (χ4v) is 5.78. The zero-order valence-corrected chi connectivity index (χ0v) is 30.1. The largest absolute Gasteiger partial charge is 0.394 e. The molecule has 3 N–H and O–H groups in total. The van der Waals surface area contributed by atoms with Crippen LogP contribution in [0.4, 0.5) is 0 Å². The number of allylic oxidation sites excluding steroid dienone is 5. The molecule has 2 unspecified atom stereocenters. The summed E-state index contributed by atoms with van der Waals surface area (Å²) in [4.78, 5) is 12.3. The molecular weight excluding hydrogens is 554 g/mol. The minimum absolute atomic E-state index is 0.0778. The molecule has 4 heteroatoms. The van der Waals surface area contributed by atoms with Gasteiger partial charge in [-0.3, -0.25) is 4.79 Å². The second kappa shape index (κ2) is 37.1. The molecule has 264 valence electrons. The molecule has 1 amide bonds. The van der Waals surface area contributed by atoms with Gasteiger partial charge in [0.25, 0.3) is 0 Å². The Labute approximate surface area is 281 Å². The SMILES string of the molecule is CCCCCCCC/C=C/CC/C=C/C(O)C(CO)NC(=O)CCCCCCCCCCC/C=C\CCCCCCCCCC. The first-order chi connectivity index (χ1) is 22.2. The van der Waals surface area contributed by atoms with Gasteiger partial charge < -0.3 is 15.5 Å². The highest BCUT2D eigenvalue weighted by molar-refractivity contribution is 5.76. The van der Waals surface area contributed by atoms with Gasteiger partial charge >= 0.3 is 0 Å². The van der Waals surface area contributed by atoms with Crippen molar-refractivity contribution in [2.45, 2.75) is 212 Å². The van der Waals surface area contributed by atoms with Crippen LogP contribution in [0.3, 0.4) is 0 Å². The lowest BCUT2D eigenvalue weighted by Crippen LogP contribution is -2.45. The lowest BCUT2D eigenvalue weighted by molar-refractivity contribution is -0.123. The minimum Gasteiger partial charge on any atom is -0.394 e. The van der Waals surface area contributed by atoms with Crippen LogP contribution in [0.2, 0.25) is 0 Å². The smallest absolute Gasteiger partial charge is 0.220 e. The molecule has 0 fully saturated rings. The van der Waals surface area contributed by atoms with E-state index in [1.807, 2.05) is 6.08 Å². The lowest BCUT2D eigenvalue weighted by Gasteiger charge is -2.19. The van der Waals surface area contributed by atoms with E-state index in [0.717, 1.165) is 32.1 Å². The van der Waals surface area contributed by atoms with Crippen LogP contribution in [0.25, 0.3) is 0 Å². The zero-order chi connectivity index (χ0) is 32.9. The van der Waals surface area contributed by atoms with Gasteiger partial charge in [0.2, 0.25) is 5.91 Å². The predicted octanol–water partition coefficient (Wildman–Crippen LogP) is 11.8. The van der Waals surface area contributed by atoms with Gasteiger partial charge in [-0.25, -0.2) is 0 Å². The van der Waals surface area contributed by atoms with Crippen LogP contribution >= 0.6 is 0 Å². The van der Waals surface area contributed by atoms with Crippen LogP contribution in [0, 0.1) is 0 Å².